The second-order valence-electron chi connectivity index (χ2n) is 5.53. The van der Waals surface area contributed by atoms with Crippen LogP contribution in [0.5, 0.6) is 11.5 Å². The summed E-state index contributed by atoms with van der Waals surface area (Å²) in [5.41, 5.74) is 2.33. The highest BCUT2D eigenvalue weighted by Crippen LogP contribution is 2.17. The van der Waals surface area contributed by atoms with Gasteiger partial charge in [0.15, 0.2) is 5.96 Å². The van der Waals surface area contributed by atoms with E-state index in [4.69, 9.17) is 9.47 Å². The molecule has 25 heavy (non-hydrogen) atoms. The Bertz CT molecular complexity index is 669. The lowest BCUT2D eigenvalue weighted by Crippen LogP contribution is -2.38. The first-order valence-corrected chi connectivity index (χ1v) is 8.53. The maximum absolute atomic E-state index is 5.39. The zero-order valence-corrected chi connectivity index (χ0v) is 15.2. The maximum Gasteiger partial charge on any atom is 0.191 e. The average molecular weight is 341 g/mol. The van der Waals surface area contributed by atoms with Crippen LogP contribution in [0.25, 0.3) is 0 Å². The first kappa shape index (κ1) is 18.6. The number of benzene rings is 2. The minimum atomic E-state index is 0.619. The highest BCUT2D eigenvalue weighted by molar-refractivity contribution is 5.79. The lowest BCUT2D eigenvalue weighted by Gasteiger charge is -2.13. The van der Waals surface area contributed by atoms with Gasteiger partial charge in [0.25, 0.3) is 0 Å². The summed E-state index contributed by atoms with van der Waals surface area (Å²) in [6, 6.07) is 16.0. The van der Waals surface area contributed by atoms with E-state index in [0.717, 1.165) is 42.5 Å². The van der Waals surface area contributed by atoms with Crippen molar-refractivity contribution >= 4 is 5.96 Å². The summed E-state index contributed by atoms with van der Waals surface area (Å²) in [6.45, 7) is 4.29. The van der Waals surface area contributed by atoms with Gasteiger partial charge < -0.3 is 20.1 Å². The number of para-hydroxylation sites is 1. The zero-order valence-electron chi connectivity index (χ0n) is 15.2. The Balaban J connectivity index is 1.90. The number of nitrogens with one attached hydrogen (secondary N) is 2. The first-order valence-electron chi connectivity index (χ1n) is 8.53. The summed E-state index contributed by atoms with van der Waals surface area (Å²) in [5, 5.41) is 6.65. The molecular formula is C20H27N3O2. The fraction of sp³-hybridized carbons (Fsp3) is 0.350. The Labute approximate surface area is 150 Å². The summed E-state index contributed by atoms with van der Waals surface area (Å²) in [6.07, 6.45) is 0.872. The highest BCUT2D eigenvalue weighted by Gasteiger charge is 2.03. The Morgan fingerprint density at radius 2 is 1.72 bits per heavy atom. The molecule has 0 atom stereocenters. The molecule has 134 valence electrons. The second kappa shape index (κ2) is 10.2. The predicted octanol–water partition coefficient (Wildman–Crippen LogP) is 3.00. The van der Waals surface area contributed by atoms with Crippen molar-refractivity contribution in [2.24, 2.45) is 4.99 Å². The average Bonchev–Trinajstić information content (AvgIpc) is 2.67. The van der Waals surface area contributed by atoms with Crippen molar-refractivity contribution in [3.05, 3.63) is 59.7 Å². The van der Waals surface area contributed by atoms with Gasteiger partial charge in [0.1, 0.15) is 11.5 Å². The molecule has 0 radical (unpaired) electrons. The molecule has 0 fully saturated rings. The smallest absolute Gasteiger partial charge is 0.191 e. The number of hydrogen-bond acceptors (Lipinski definition) is 3. The fourth-order valence-electron chi connectivity index (χ4n) is 2.47. The van der Waals surface area contributed by atoms with E-state index in [0.29, 0.717) is 6.54 Å². The van der Waals surface area contributed by atoms with Gasteiger partial charge in [-0.3, -0.25) is 0 Å². The van der Waals surface area contributed by atoms with Gasteiger partial charge in [-0.05, 0) is 42.7 Å². The fourth-order valence-corrected chi connectivity index (χ4v) is 2.47. The molecule has 0 saturated carbocycles. The SMILES string of the molecule is CCNC(=NCc1ccc(OC)cc1)NCCc1ccccc1OC. The summed E-state index contributed by atoms with van der Waals surface area (Å²) < 4.78 is 10.6. The molecule has 2 rings (SSSR count). The largest absolute Gasteiger partial charge is 0.497 e. The molecule has 2 aromatic carbocycles. The van der Waals surface area contributed by atoms with Crippen molar-refractivity contribution < 1.29 is 9.47 Å². The van der Waals surface area contributed by atoms with Crippen LogP contribution in [0.4, 0.5) is 0 Å². The number of guanidine groups is 1. The molecule has 0 spiro atoms. The van der Waals surface area contributed by atoms with Gasteiger partial charge in [0, 0.05) is 13.1 Å². The van der Waals surface area contributed by atoms with Crippen molar-refractivity contribution in [2.45, 2.75) is 19.9 Å². The summed E-state index contributed by atoms with van der Waals surface area (Å²) in [5.74, 6) is 2.59. The van der Waals surface area contributed by atoms with Crippen LogP contribution in [0.15, 0.2) is 53.5 Å². The van der Waals surface area contributed by atoms with Gasteiger partial charge in [-0.2, -0.15) is 0 Å². The zero-order chi connectivity index (χ0) is 17.9. The number of rotatable bonds is 8. The van der Waals surface area contributed by atoms with Gasteiger partial charge in [0.05, 0.1) is 20.8 Å². The standard InChI is InChI=1S/C20H27N3O2/c1-4-21-20(23-15-16-9-11-18(24-2)12-10-16)22-14-13-17-7-5-6-8-19(17)25-3/h5-12H,4,13-15H2,1-3H3,(H2,21,22,23). The molecule has 0 aromatic heterocycles. The van der Waals surface area contributed by atoms with Crippen molar-refractivity contribution in [3.8, 4) is 11.5 Å². The van der Waals surface area contributed by atoms with Crippen LogP contribution in [-0.4, -0.2) is 33.3 Å². The molecule has 0 bridgehead atoms. The molecule has 0 amide bonds. The van der Waals surface area contributed by atoms with Crippen LogP contribution in [0.3, 0.4) is 0 Å². The molecule has 0 aliphatic rings. The monoisotopic (exact) mass is 341 g/mol. The van der Waals surface area contributed by atoms with E-state index >= 15 is 0 Å². The lowest BCUT2D eigenvalue weighted by molar-refractivity contribution is 0.409. The topological polar surface area (TPSA) is 54.9 Å². The van der Waals surface area contributed by atoms with Gasteiger partial charge >= 0.3 is 0 Å². The minimum Gasteiger partial charge on any atom is -0.497 e. The normalized spacial score (nSPS) is 11.1. The Hall–Kier alpha value is -2.69. The Kier molecular flexibility index (Phi) is 7.63. The van der Waals surface area contributed by atoms with E-state index in [2.05, 4.69) is 28.6 Å². The molecule has 2 aromatic rings. The van der Waals surface area contributed by atoms with Crippen molar-refractivity contribution in [1.82, 2.24) is 10.6 Å². The van der Waals surface area contributed by atoms with Gasteiger partial charge in [0.2, 0.25) is 0 Å². The molecule has 0 aliphatic carbocycles. The van der Waals surface area contributed by atoms with E-state index in [1.54, 1.807) is 14.2 Å². The van der Waals surface area contributed by atoms with Crippen LogP contribution in [0.2, 0.25) is 0 Å². The molecular weight excluding hydrogens is 314 g/mol. The molecule has 0 aliphatic heterocycles. The third kappa shape index (κ3) is 6.03. The summed E-state index contributed by atoms with van der Waals surface area (Å²) in [4.78, 5) is 4.64. The second-order valence-corrected chi connectivity index (χ2v) is 5.53. The Morgan fingerprint density at radius 1 is 0.960 bits per heavy atom. The molecule has 0 heterocycles. The highest BCUT2D eigenvalue weighted by atomic mass is 16.5. The minimum absolute atomic E-state index is 0.619. The van der Waals surface area contributed by atoms with Crippen molar-refractivity contribution in [3.63, 3.8) is 0 Å². The third-order valence-corrected chi connectivity index (χ3v) is 3.80. The van der Waals surface area contributed by atoms with Gasteiger partial charge in [-0.15, -0.1) is 0 Å². The van der Waals surface area contributed by atoms with Crippen LogP contribution in [0, 0.1) is 0 Å². The first-order chi connectivity index (χ1) is 12.3. The quantitative estimate of drug-likeness (QED) is 0.572. The number of aliphatic imine (C=N–C) groups is 1. The van der Waals surface area contributed by atoms with Crippen LogP contribution < -0.4 is 20.1 Å². The van der Waals surface area contributed by atoms with Gasteiger partial charge in [-0.25, -0.2) is 4.99 Å². The number of ether oxygens (including phenoxy) is 2. The van der Waals surface area contributed by atoms with Gasteiger partial charge in [-0.1, -0.05) is 30.3 Å². The third-order valence-electron chi connectivity index (χ3n) is 3.80. The van der Waals surface area contributed by atoms with E-state index in [9.17, 15) is 0 Å². The Morgan fingerprint density at radius 3 is 2.40 bits per heavy atom. The molecule has 2 N–H and O–H groups in total. The number of nitrogens with zero attached hydrogens (tertiary/aromatic N) is 1. The number of methoxy groups -OCH3 is 2. The molecule has 0 unspecified atom stereocenters. The summed E-state index contributed by atoms with van der Waals surface area (Å²) in [7, 11) is 3.37. The van der Waals surface area contributed by atoms with E-state index in [-0.39, 0.29) is 0 Å². The van der Waals surface area contributed by atoms with E-state index in [1.807, 2.05) is 42.5 Å². The van der Waals surface area contributed by atoms with Crippen LogP contribution in [-0.2, 0) is 13.0 Å². The van der Waals surface area contributed by atoms with Crippen LogP contribution >= 0.6 is 0 Å². The molecule has 5 heteroatoms. The van der Waals surface area contributed by atoms with E-state index in [1.165, 1.54) is 5.56 Å². The predicted molar refractivity (Wildman–Crippen MR) is 103 cm³/mol. The lowest BCUT2D eigenvalue weighted by atomic mass is 10.1. The molecule has 0 saturated heterocycles. The maximum atomic E-state index is 5.39. The van der Waals surface area contributed by atoms with Crippen molar-refractivity contribution in [1.29, 1.82) is 0 Å². The molecule has 5 nitrogen and oxygen atoms in total. The van der Waals surface area contributed by atoms with E-state index < -0.39 is 0 Å². The van der Waals surface area contributed by atoms with Crippen LogP contribution in [0.1, 0.15) is 18.1 Å². The summed E-state index contributed by atoms with van der Waals surface area (Å²) >= 11 is 0. The number of hydrogen-bond donors (Lipinski definition) is 2. The van der Waals surface area contributed by atoms with Crippen molar-refractivity contribution in [2.75, 3.05) is 27.3 Å².